The molecule has 1 N–H and O–H groups in total. The molecule has 1 amide bonds. The van der Waals surface area contributed by atoms with Crippen molar-refractivity contribution < 1.29 is 30.7 Å². The Kier molecular flexibility index (Phi) is 18.4. The molecule has 0 aromatic carbocycles. The predicted molar refractivity (Wildman–Crippen MR) is 165 cm³/mol. The molecule has 1 saturated heterocycles. The number of hydrogen-bond acceptors (Lipinski definition) is 7. The molecule has 3 heterocycles. The summed E-state index contributed by atoms with van der Waals surface area (Å²) in [6.07, 6.45) is 19.7. The van der Waals surface area contributed by atoms with E-state index in [0.717, 1.165) is 57.5 Å². The Morgan fingerprint density at radius 3 is 2.41 bits per heavy atom. The van der Waals surface area contributed by atoms with Crippen molar-refractivity contribution >= 4 is 12.0 Å². The van der Waals surface area contributed by atoms with Crippen LogP contribution in [0.3, 0.4) is 0 Å². The number of aromatic nitrogens is 1. The van der Waals surface area contributed by atoms with Crippen molar-refractivity contribution in [1.82, 2.24) is 30.0 Å². The summed E-state index contributed by atoms with van der Waals surface area (Å²) in [7, 11) is 9.33. The van der Waals surface area contributed by atoms with Crippen molar-refractivity contribution in [3.63, 3.8) is 0 Å². The van der Waals surface area contributed by atoms with Crippen LogP contribution in [0.5, 0.6) is 0 Å². The topological polar surface area (TPSA) is 78.3 Å². The second-order valence-electron chi connectivity index (χ2n) is 10.5. The van der Waals surface area contributed by atoms with Gasteiger partial charge in [-0.2, -0.15) is 0 Å². The number of piperazine rings is 1. The molecule has 1 aromatic rings. The van der Waals surface area contributed by atoms with Gasteiger partial charge in [0.25, 0.3) is 0 Å². The van der Waals surface area contributed by atoms with E-state index >= 15 is 0 Å². The third-order valence-corrected chi connectivity index (χ3v) is 6.66. The van der Waals surface area contributed by atoms with E-state index in [2.05, 4.69) is 99.1 Å². The normalized spacial score (nSPS) is 18.3. The van der Waals surface area contributed by atoms with Crippen LogP contribution in [-0.2, 0) is 30.7 Å². The van der Waals surface area contributed by atoms with E-state index in [1.54, 1.807) is 14.1 Å². The number of carbonyl (C=O) groups is 1. The first-order chi connectivity index (χ1) is 19.3. The number of allylic oxidation sites excluding steroid dienone is 6. The van der Waals surface area contributed by atoms with Gasteiger partial charge in [0.15, 0.2) is 0 Å². The van der Waals surface area contributed by atoms with Crippen LogP contribution < -0.4 is 5.43 Å². The summed E-state index contributed by atoms with van der Waals surface area (Å²) in [5.74, 6) is 1.29. The van der Waals surface area contributed by atoms with E-state index in [1.165, 1.54) is 47.5 Å². The molecule has 0 unspecified atom stereocenters. The zero-order valence-corrected chi connectivity index (χ0v) is 29.0. The van der Waals surface area contributed by atoms with Crippen LogP contribution >= 0.6 is 0 Å². The minimum Gasteiger partial charge on any atom is -0.475 e. The zero-order valence-electron chi connectivity index (χ0n) is 26.0. The minimum absolute atomic E-state index is 0. The molecule has 0 spiro atoms. The molecule has 3 aliphatic rings. The summed E-state index contributed by atoms with van der Waals surface area (Å²) in [4.78, 5) is 27.1. The van der Waals surface area contributed by atoms with Gasteiger partial charge in [0, 0.05) is 111 Å². The number of aryl methyl sites for hydroxylation is 1. The molecule has 0 bridgehead atoms. The maximum atomic E-state index is 9.43. The average Bonchev–Trinajstić information content (AvgIpc) is 3.80. The summed E-state index contributed by atoms with van der Waals surface area (Å²) >= 11 is 0. The Labute approximate surface area is 262 Å². The van der Waals surface area contributed by atoms with Gasteiger partial charge in [0.1, 0.15) is 5.82 Å². The van der Waals surface area contributed by atoms with Crippen LogP contribution in [0, 0.1) is 6.92 Å². The molecule has 41 heavy (non-hydrogen) atoms. The van der Waals surface area contributed by atoms with Gasteiger partial charge in [-0.25, -0.2) is 0 Å². The predicted octanol–water partition coefficient (Wildman–Crippen LogP) is 4.73. The van der Waals surface area contributed by atoms with Gasteiger partial charge in [0.2, 0.25) is 6.41 Å². The van der Waals surface area contributed by atoms with E-state index in [-0.39, 0.29) is 21.1 Å². The van der Waals surface area contributed by atoms with Crippen molar-refractivity contribution in [3.8, 4) is 0 Å². The Morgan fingerprint density at radius 1 is 1.20 bits per heavy atom. The Morgan fingerprint density at radius 2 is 1.88 bits per heavy atom. The number of unbranched alkanes of at least 4 members (excludes halogenated alkanes) is 1. The number of amides is 1. The second kappa shape index (κ2) is 20.6. The van der Waals surface area contributed by atoms with Crippen LogP contribution in [0.25, 0.3) is 11.2 Å². The molecule has 1 aromatic heterocycles. The third kappa shape index (κ3) is 14.0. The van der Waals surface area contributed by atoms with Crippen molar-refractivity contribution in [2.24, 2.45) is 0 Å². The van der Waals surface area contributed by atoms with Gasteiger partial charge in [-0.05, 0) is 51.4 Å². The second-order valence-corrected chi connectivity index (χ2v) is 10.5. The Bertz CT molecular complexity index is 996. The molecule has 1 saturated carbocycles. The van der Waals surface area contributed by atoms with Crippen LogP contribution in [-0.4, -0.2) is 98.5 Å². The number of pyridine rings is 1. The van der Waals surface area contributed by atoms with Crippen molar-refractivity contribution in [3.05, 3.63) is 77.1 Å². The van der Waals surface area contributed by atoms with E-state index in [9.17, 15) is 4.79 Å². The Hall–Kier alpha value is -2.29. The largest absolute Gasteiger partial charge is 0.475 e. The van der Waals surface area contributed by atoms with E-state index in [1.807, 2.05) is 13.1 Å². The smallest absolute Gasteiger partial charge is 0.209 e. The number of hydrogen-bond donors (Lipinski definition) is 1. The van der Waals surface area contributed by atoms with Crippen molar-refractivity contribution in [2.45, 2.75) is 52.0 Å². The summed E-state index contributed by atoms with van der Waals surface area (Å²) in [5.41, 5.74) is 11.1. The van der Waals surface area contributed by atoms with Gasteiger partial charge in [0.05, 0.1) is 0 Å². The fourth-order valence-electron chi connectivity index (χ4n) is 4.06. The first-order valence-corrected chi connectivity index (χ1v) is 14.3. The Balaban J connectivity index is 0.000000538. The molecule has 2 fully saturated rings. The SMILES string of the molecule is CCC/C=C/C(=C1/CC=CC=C(N2CCN(C)CC2)N1C)c1ccc(C)nc1.CN(C)C=O.CO[N-]NC1CC1.[W]. The van der Waals surface area contributed by atoms with Crippen molar-refractivity contribution in [1.29, 1.82) is 0 Å². The fourth-order valence-corrected chi connectivity index (χ4v) is 4.06. The standard InChI is InChI=1S/C24H34N4.C4H9N2O.C3H7NO.W/c1-5-6-7-10-22(21-14-13-20(2)25-19-21)23-11-8-9-12-24(27(23)4)28-17-15-26(3)16-18-28;1-7-6-5-4-2-3-4;1-4(2)3-5;/h7-10,12-14,19H,5-6,11,15-18H2,1-4H3;4-5H,2-3H2,1H3;3H,1-2H3;/q;-1;;/b10-7+,23-22+;;;. The van der Waals surface area contributed by atoms with Gasteiger partial charge < -0.3 is 35.5 Å². The minimum atomic E-state index is 0. The maximum Gasteiger partial charge on any atom is 0.209 e. The molecule has 4 rings (SSSR count). The number of rotatable bonds is 9. The number of nitrogens with one attached hydrogen (secondary N) is 1. The molecule has 0 radical (unpaired) electrons. The van der Waals surface area contributed by atoms with Crippen LogP contribution in [0.2, 0.25) is 0 Å². The first-order valence-electron chi connectivity index (χ1n) is 14.3. The summed E-state index contributed by atoms with van der Waals surface area (Å²) in [5, 5.41) is 0. The molecule has 0 atom stereocenters. The molecule has 1 aliphatic carbocycles. The quantitative estimate of drug-likeness (QED) is 0.291. The van der Waals surface area contributed by atoms with Crippen LogP contribution in [0.15, 0.2) is 60.2 Å². The van der Waals surface area contributed by atoms with E-state index < -0.39 is 0 Å². The number of carbonyl (C=O) groups excluding carboxylic acids is 1. The van der Waals surface area contributed by atoms with Gasteiger partial charge in [-0.1, -0.05) is 43.7 Å². The summed E-state index contributed by atoms with van der Waals surface area (Å²) in [6.45, 7) is 8.62. The molecular weight excluding hydrogens is 686 g/mol. The monoisotopic (exact) mass is 736 g/mol. The zero-order chi connectivity index (χ0) is 29.3. The molecule has 228 valence electrons. The molecule has 10 heteroatoms. The van der Waals surface area contributed by atoms with Gasteiger partial charge >= 0.3 is 0 Å². The molecule has 9 nitrogen and oxygen atoms in total. The van der Waals surface area contributed by atoms with Gasteiger partial charge in [-0.3, -0.25) is 9.78 Å². The average molecular weight is 737 g/mol. The van der Waals surface area contributed by atoms with E-state index in [0.29, 0.717) is 6.04 Å². The third-order valence-electron chi connectivity index (χ3n) is 6.66. The summed E-state index contributed by atoms with van der Waals surface area (Å²) < 4.78 is 0. The maximum absolute atomic E-state index is 9.43. The summed E-state index contributed by atoms with van der Waals surface area (Å²) in [6, 6.07) is 4.91. The van der Waals surface area contributed by atoms with Gasteiger partial charge in [-0.15, -0.1) is 0 Å². The number of likely N-dealkylation sites (N-methyl/N-ethyl adjacent to an activating group) is 1. The fraction of sp³-hybridized carbons (Fsp3) is 0.548. The van der Waals surface area contributed by atoms with E-state index in [4.69, 9.17) is 0 Å². The first kappa shape index (κ1) is 36.7. The van der Waals surface area contributed by atoms with Crippen molar-refractivity contribution in [2.75, 3.05) is 61.5 Å². The van der Waals surface area contributed by atoms with Crippen LogP contribution in [0.1, 0.15) is 50.3 Å². The molecular formula is C31H50N7O2W-. The molecule has 2 aliphatic heterocycles. The van der Waals surface area contributed by atoms with Crippen LogP contribution in [0.4, 0.5) is 0 Å². The number of nitrogens with zero attached hydrogens (tertiary/aromatic N) is 6.